The molecule has 1 aliphatic heterocycles. The quantitative estimate of drug-likeness (QED) is 0.694. The van der Waals surface area contributed by atoms with E-state index in [1.807, 2.05) is 27.7 Å². The first kappa shape index (κ1) is 11.3. The van der Waals surface area contributed by atoms with Crippen molar-refractivity contribution < 1.29 is 14.6 Å². The van der Waals surface area contributed by atoms with Crippen LogP contribution < -0.4 is 0 Å². The van der Waals surface area contributed by atoms with Gasteiger partial charge >= 0.3 is 6.09 Å². The third-order valence-corrected chi connectivity index (χ3v) is 2.36. The highest BCUT2D eigenvalue weighted by atomic mass is 16.6. The van der Waals surface area contributed by atoms with Crippen LogP contribution in [0.5, 0.6) is 0 Å². The second kappa shape index (κ2) is 3.77. The summed E-state index contributed by atoms with van der Waals surface area (Å²) in [5, 5.41) is 9.02. The van der Waals surface area contributed by atoms with Crippen LogP contribution in [0.4, 0.5) is 4.79 Å². The first-order valence-electron chi connectivity index (χ1n) is 4.95. The van der Waals surface area contributed by atoms with Gasteiger partial charge in [-0.3, -0.25) is 0 Å². The fraction of sp³-hybridized carbons (Fsp3) is 0.900. The predicted molar refractivity (Wildman–Crippen MR) is 53.0 cm³/mol. The summed E-state index contributed by atoms with van der Waals surface area (Å²) < 4.78 is 5.20. The number of ether oxygens (including phenoxy) is 1. The number of carbonyl (C=O) groups is 1. The van der Waals surface area contributed by atoms with Crippen molar-refractivity contribution in [2.24, 2.45) is 5.92 Å². The number of rotatable bonds is 1. The summed E-state index contributed by atoms with van der Waals surface area (Å²) in [5.41, 5.74) is -0.462. The normalized spacial score (nSPS) is 27.1. The summed E-state index contributed by atoms with van der Waals surface area (Å²) >= 11 is 0. The summed E-state index contributed by atoms with van der Waals surface area (Å²) in [6.07, 6.45) is -0.324. The van der Waals surface area contributed by atoms with E-state index in [0.29, 0.717) is 12.5 Å². The Morgan fingerprint density at radius 2 is 2.14 bits per heavy atom. The van der Waals surface area contributed by atoms with Gasteiger partial charge in [0.25, 0.3) is 0 Å². The number of carbonyl (C=O) groups excluding carboxylic acids is 1. The molecule has 1 heterocycles. The molecule has 0 spiro atoms. The highest BCUT2D eigenvalue weighted by molar-refractivity contribution is 5.69. The average molecular weight is 201 g/mol. The molecule has 1 rings (SSSR count). The van der Waals surface area contributed by atoms with E-state index in [-0.39, 0.29) is 18.7 Å². The lowest BCUT2D eigenvalue weighted by atomic mass is 9.92. The first-order chi connectivity index (χ1) is 6.35. The molecule has 0 aliphatic carbocycles. The van der Waals surface area contributed by atoms with Crippen molar-refractivity contribution in [3.8, 4) is 0 Å². The molecule has 1 fully saturated rings. The number of aliphatic hydroxyl groups is 1. The molecule has 0 saturated carbocycles. The molecular formula is C10H19NO3. The van der Waals surface area contributed by atoms with E-state index in [1.165, 1.54) is 0 Å². The van der Waals surface area contributed by atoms with Gasteiger partial charge in [-0.2, -0.15) is 0 Å². The highest BCUT2D eigenvalue weighted by Crippen LogP contribution is 2.25. The van der Waals surface area contributed by atoms with Crippen LogP contribution in [0.1, 0.15) is 27.7 Å². The van der Waals surface area contributed by atoms with Crippen LogP contribution in [0.3, 0.4) is 0 Å². The number of hydrogen-bond acceptors (Lipinski definition) is 3. The monoisotopic (exact) mass is 201 g/mol. The number of amides is 1. The molecule has 2 atom stereocenters. The maximum absolute atomic E-state index is 11.5. The number of aliphatic hydroxyl groups excluding tert-OH is 1. The van der Waals surface area contributed by atoms with Crippen LogP contribution in [-0.2, 0) is 4.74 Å². The van der Waals surface area contributed by atoms with Gasteiger partial charge < -0.3 is 14.7 Å². The van der Waals surface area contributed by atoms with Gasteiger partial charge in [0.05, 0.1) is 12.6 Å². The Hall–Kier alpha value is -0.770. The van der Waals surface area contributed by atoms with Crippen molar-refractivity contribution in [2.45, 2.75) is 39.3 Å². The number of hydrogen-bond donors (Lipinski definition) is 1. The zero-order valence-electron chi connectivity index (χ0n) is 9.28. The molecular weight excluding hydrogens is 182 g/mol. The van der Waals surface area contributed by atoms with Crippen LogP contribution in [0.15, 0.2) is 0 Å². The topological polar surface area (TPSA) is 49.8 Å². The van der Waals surface area contributed by atoms with Crippen molar-refractivity contribution in [3.05, 3.63) is 0 Å². The van der Waals surface area contributed by atoms with E-state index in [9.17, 15) is 4.79 Å². The van der Waals surface area contributed by atoms with Crippen LogP contribution in [-0.4, -0.2) is 40.9 Å². The van der Waals surface area contributed by atoms with Crippen LogP contribution in [0, 0.1) is 5.92 Å². The van der Waals surface area contributed by atoms with Crippen LogP contribution in [0.25, 0.3) is 0 Å². The Balaban J connectivity index is 2.47. The minimum atomic E-state index is -0.462. The molecule has 1 aliphatic rings. The maximum atomic E-state index is 11.5. The van der Waals surface area contributed by atoms with Crippen molar-refractivity contribution >= 4 is 6.09 Å². The maximum Gasteiger partial charge on any atom is 0.410 e. The van der Waals surface area contributed by atoms with Crippen LogP contribution in [0.2, 0.25) is 0 Å². The molecule has 82 valence electrons. The zero-order valence-corrected chi connectivity index (χ0v) is 9.28. The van der Waals surface area contributed by atoms with Crippen molar-refractivity contribution in [2.75, 3.05) is 13.2 Å². The largest absolute Gasteiger partial charge is 0.444 e. The van der Waals surface area contributed by atoms with Gasteiger partial charge in [0.15, 0.2) is 0 Å². The molecule has 0 radical (unpaired) electrons. The summed E-state index contributed by atoms with van der Waals surface area (Å²) in [4.78, 5) is 13.1. The Morgan fingerprint density at radius 1 is 1.57 bits per heavy atom. The fourth-order valence-corrected chi connectivity index (χ4v) is 1.55. The van der Waals surface area contributed by atoms with Gasteiger partial charge in [0, 0.05) is 6.54 Å². The van der Waals surface area contributed by atoms with Crippen LogP contribution >= 0.6 is 0 Å². The van der Waals surface area contributed by atoms with E-state index in [4.69, 9.17) is 9.84 Å². The molecule has 0 bridgehead atoms. The van der Waals surface area contributed by atoms with E-state index >= 15 is 0 Å². The fourth-order valence-electron chi connectivity index (χ4n) is 1.55. The molecule has 1 amide bonds. The lowest BCUT2D eigenvalue weighted by Crippen LogP contribution is -2.60. The number of likely N-dealkylation sites (tertiary alicyclic amines) is 1. The lowest BCUT2D eigenvalue weighted by Gasteiger charge is -2.45. The molecule has 0 aromatic heterocycles. The van der Waals surface area contributed by atoms with Gasteiger partial charge in [0.1, 0.15) is 5.60 Å². The molecule has 14 heavy (non-hydrogen) atoms. The standard InChI is InChI=1S/C10H19NO3/c1-7-5-11(8(7)6-12)9(13)14-10(2,3)4/h7-8,12H,5-6H2,1-4H3/t7?,8-/m0/s1. The van der Waals surface area contributed by atoms with Gasteiger partial charge in [-0.05, 0) is 26.7 Å². The minimum absolute atomic E-state index is 0.0143. The second-order valence-electron chi connectivity index (χ2n) is 4.86. The number of nitrogens with zero attached hydrogens (tertiary/aromatic N) is 1. The van der Waals surface area contributed by atoms with E-state index in [2.05, 4.69) is 0 Å². The average Bonchev–Trinajstić information content (AvgIpc) is 1.97. The Labute approximate surface area is 84.8 Å². The summed E-state index contributed by atoms with van der Waals surface area (Å²) in [6, 6.07) is -0.0650. The molecule has 1 N–H and O–H groups in total. The van der Waals surface area contributed by atoms with Crippen molar-refractivity contribution in [1.82, 2.24) is 4.90 Å². The van der Waals surface area contributed by atoms with E-state index in [1.54, 1.807) is 4.90 Å². The molecule has 4 heteroatoms. The van der Waals surface area contributed by atoms with E-state index in [0.717, 1.165) is 0 Å². The first-order valence-corrected chi connectivity index (χ1v) is 4.95. The second-order valence-corrected chi connectivity index (χ2v) is 4.86. The highest BCUT2D eigenvalue weighted by Gasteiger charge is 2.40. The summed E-state index contributed by atoms with van der Waals surface area (Å²) in [7, 11) is 0. The summed E-state index contributed by atoms with van der Waals surface area (Å²) in [6.45, 7) is 8.22. The lowest BCUT2D eigenvalue weighted by molar-refractivity contribution is -0.0409. The predicted octanol–water partition coefficient (Wildman–Crippen LogP) is 1.23. The van der Waals surface area contributed by atoms with Gasteiger partial charge in [-0.1, -0.05) is 6.92 Å². The van der Waals surface area contributed by atoms with Gasteiger partial charge in [-0.25, -0.2) is 4.79 Å². The third-order valence-electron chi connectivity index (χ3n) is 2.36. The van der Waals surface area contributed by atoms with Gasteiger partial charge in [0.2, 0.25) is 0 Å². The molecule has 0 aromatic carbocycles. The van der Waals surface area contributed by atoms with Crippen molar-refractivity contribution in [3.63, 3.8) is 0 Å². The molecule has 0 aromatic rings. The summed E-state index contributed by atoms with van der Waals surface area (Å²) in [5.74, 6) is 0.368. The van der Waals surface area contributed by atoms with E-state index < -0.39 is 5.60 Å². The van der Waals surface area contributed by atoms with Gasteiger partial charge in [-0.15, -0.1) is 0 Å². The molecule has 1 unspecified atom stereocenters. The third kappa shape index (κ3) is 2.38. The zero-order chi connectivity index (χ0) is 10.9. The Kier molecular flexibility index (Phi) is 3.04. The van der Waals surface area contributed by atoms with Crippen molar-refractivity contribution in [1.29, 1.82) is 0 Å². The smallest absolute Gasteiger partial charge is 0.410 e. The Morgan fingerprint density at radius 3 is 2.50 bits per heavy atom. The minimum Gasteiger partial charge on any atom is -0.444 e. The molecule has 4 nitrogen and oxygen atoms in total. The SMILES string of the molecule is CC1CN(C(=O)OC(C)(C)C)[C@H]1CO. The molecule has 1 saturated heterocycles. The Bertz CT molecular complexity index is 222.